The van der Waals surface area contributed by atoms with Crippen molar-refractivity contribution in [3.8, 4) is 12.1 Å². The minimum atomic E-state index is -0.767. The molecule has 2 unspecified atom stereocenters. The summed E-state index contributed by atoms with van der Waals surface area (Å²) in [7, 11) is 0. The molecule has 1 aliphatic heterocycles. The topological polar surface area (TPSA) is 77.0 Å². The third-order valence-corrected chi connectivity index (χ3v) is 5.63. The first-order valence-corrected chi connectivity index (χ1v) is 8.22. The van der Waals surface area contributed by atoms with Crippen LogP contribution >= 0.6 is 11.8 Å². The second kappa shape index (κ2) is 6.45. The van der Waals surface area contributed by atoms with Gasteiger partial charge in [0.1, 0.15) is 11.8 Å². The van der Waals surface area contributed by atoms with Crippen molar-refractivity contribution in [2.45, 2.75) is 39.0 Å². The standard InChI is InChI=1S/C16H19N3OS/c1-11(2)10-21-15-13(9-18)16(6-4-3-5-7-16)12(8-17)14(20)19-15/h12-13H,1,3-7,10H2,2H3. The number of aliphatic imine (C=N–C) groups is 1. The molecule has 2 rings (SSSR count). The number of carbonyl (C=O) groups is 1. The van der Waals surface area contributed by atoms with E-state index in [-0.39, 0.29) is 5.91 Å². The molecule has 1 heterocycles. The van der Waals surface area contributed by atoms with Gasteiger partial charge in [-0.05, 0) is 19.8 Å². The zero-order valence-electron chi connectivity index (χ0n) is 12.3. The Morgan fingerprint density at radius 3 is 2.48 bits per heavy atom. The monoisotopic (exact) mass is 301 g/mol. The van der Waals surface area contributed by atoms with E-state index < -0.39 is 17.3 Å². The zero-order valence-corrected chi connectivity index (χ0v) is 13.1. The van der Waals surface area contributed by atoms with E-state index in [0.29, 0.717) is 10.8 Å². The van der Waals surface area contributed by atoms with Crippen LogP contribution in [0, 0.1) is 39.9 Å². The fourth-order valence-corrected chi connectivity index (χ4v) is 4.37. The molecule has 4 nitrogen and oxygen atoms in total. The van der Waals surface area contributed by atoms with Crippen molar-refractivity contribution in [3.05, 3.63) is 12.2 Å². The van der Waals surface area contributed by atoms with Gasteiger partial charge in [0.25, 0.3) is 5.91 Å². The molecule has 2 atom stereocenters. The molecule has 2 aliphatic rings. The molecule has 1 saturated carbocycles. The van der Waals surface area contributed by atoms with Gasteiger partial charge in [0.2, 0.25) is 0 Å². The molecule has 0 aromatic heterocycles. The van der Waals surface area contributed by atoms with Crippen molar-refractivity contribution in [1.29, 1.82) is 10.5 Å². The molecule has 0 radical (unpaired) electrons. The number of nitrogens with zero attached hydrogens (tertiary/aromatic N) is 3. The molecule has 0 N–H and O–H groups in total. The average molecular weight is 301 g/mol. The van der Waals surface area contributed by atoms with Crippen molar-refractivity contribution in [1.82, 2.24) is 0 Å². The van der Waals surface area contributed by atoms with Crippen LogP contribution in [0.5, 0.6) is 0 Å². The highest BCUT2D eigenvalue weighted by Crippen LogP contribution is 2.52. The van der Waals surface area contributed by atoms with Gasteiger partial charge in [-0.15, -0.1) is 11.8 Å². The summed E-state index contributed by atoms with van der Waals surface area (Å²) in [6, 6.07) is 4.47. The minimum Gasteiger partial charge on any atom is -0.271 e. The smallest absolute Gasteiger partial charge is 0.264 e. The number of hydrogen-bond donors (Lipinski definition) is 0. The van der Waals surface area contributed by atoms with Crippen LogP contribution in [0.1, 0.15) is 39.0 Å². The summed E-state index contributed by atoms with van der Waals surface area (Å²) in [6.07, 6.45) is 4.59. The molecule has 1 amide bonds. The van der Waals surface area contributed by atoms with E-state index in [1.54, 1.807) is 0 Å². The van der Waals surface area contributed by atoms with Gasteiger partial charge in [0, 0.05) is 11.2 Å². The Morgan fingerprint density at radius 1 is 1.33 bits per heavy atom. The first kappa shape index (κ1) is 15.8. The Kier molecular flexibility index (Phi) is 4.85. The molecule has 1 spiro atoms. The fourth-order valence-electron chi connectivity index (χ4n) is 3.36. The third kappa shape index (κ3) is 2.89. The summed E-state index contributed by atoms with van der Waals surface area (Å²) in [5.74, 6) is -0.923. The summed E-state index contributed by atoms with van der Waals surface area (Å²) < 4.78 is 0. The van der Waals surface area contributed by atoms with Crippen LogP contribution in [-0.2, 0) is 4.79 Å². The molecule has 5 heteroatoms. The van der Waals surface area contributed by atoms with Crippen LogP contribution in [0.2, 0.25) is 0 Å². The average Bonchev–Trinajstić information content (AvgIpc) is 2.46. The van der Waals surface area contributed by atoms with Crippen molar-refractivity contribution >= 4 is 22.7 Å². The molecule has 110 valence electrons. The van der Waals surface area contributed by atoms with Crippen LogP contribution < -0.4 is 0 Å². The number of carbonyl (C=O) groups excluding carboxylic acids is 1. The molecule has 0 bridgehead atoms. The molecule has 0 saturated heterocycles. The van der Waals surface area contributed by atoms with E-state index in [2.05, 4.69) is 23.7 Å². The Bertz CT molecular complexity index is 561. The Hall–Kier alpha value is -1.59. The summed E-state index contributed by atoms with van der Waals surface area (Å²) in [5, 5.41) is 19.7. The molecular weight excluding hydrogens is 282 g/mol. The maximum atomic E-state index is 12.3. The third-order valence-electron chi connectivity index (χ3n) is 4.37. The van der Waals surface area contributed by atoms with Crippen molar-refractivity contribution < 1.29 is 4.79 Å². The van der Waals surface area contributed by atoms with Crippen molar-refractivity contribution in [2.75, 3.05) is 5.75 Å². The Balaban J connectivity index is 2.40. The lowest BCUT2D eigenvalue weighted by Gasteiger charge is -2.44. The van der Waals surface area contributed by atoms with Crippen molar-refractivity contribution in [3.63, 3.8) is 0 Å². The Morgan fingerprint density at radius 2 is 1.95 bits per heavy atom. The number of hydrogen-bond acceptors (Lipinski definition) is 4. The van der Waals surface area contributed by atoms with Gasteiger partial charge in [0.05, 0.1) is 17.2 Å². The van der Waals surface area contributed by atoms with E-state index in [0.717, 1.165) is 37.7 Å². The molecular formula is C16H19N3OS. The number of rotatable bonds is 2. The van der Waals surface area contributed by atoms with E-state index in [1.165, 1.54) is 11.8 Å². The lowest BCUT2D eigenvalue weighted by atomic mass is 9.58. The SMILES string of the molecule is C=C(C)CSC1=NC(=O)C(C#N)C2(CCCCC2)C1C#N. The van der Waals surface area contributed by atoms with Gasteiger partial charge in [0.15, 0.2) is 0 Å². The first-order valence-electron chi connectivity index (χ1n) is 7.24. The fraction of sp³-hybridized carbons (Fsp3) is 0.625. The highest BCUT2D eigenvalue weighted by molar-refractivity contribution is 8.14. The maximum absolute atomic E-state index is 12.3. The normalized spacial score (nSPS) is 27.6. The zero-order chi connectivity index (χ0) is 15.5. The van der Waals surface area contributed by atoms with Gasteiger partial charge in [-0.3, -0.25) is 4.79 Å². The molecule has 0 aromatic carbocycles. The van der Waals surface area contributed by atoms with Crippen LogP contribution in [0.25, 0.3) is 0 Å². The van der Waals surface area contributed by atoms with Gasteiger partial charge in [-0.1, -0.05) is 31.4 Å². The second-order valence-electron chi connectivity index (χ2n) is 5.95. The molecule has 0 aromatic rings. The largest absolute Gasteiger partial charge is 0.271 e. The number of thioether (sulfide) groups is 1. The van der Waals surface area contributed by atoms with E-state index in [4.69, 9.17) is 0 Å². The lowest BCUT2D eigenvalue weighted by Crippen LogP contribution is -2.48. The molecule has 1 aliphatic carbocycles. The predicted molar refractivity (Wildman–Crippen MR) is 83.4 cm³/mol. The maximum Gasteiger partial charge on any atom is 0.264 e. The van der Waals surface area contributed by atoms with Crippen LogP contribution in [0.15, 0.2) is 17.1 Å². The predicted octanol–water partition coefficient (Wildman–Crippen LogP) is 3.46. The van der Waals surface area contributed by atoms with E-state index in [1.807, 2.05) is 6.92 Å². The quantitative estimate of drug-likeness (QED) is 0.732. The summed E-state index contributed by atoms with van der Waals surface area (Å²) in [5.41, 5.74) is 0.449. The Labute approximate surface area is 129 Å². The summed E-state index contributed by atoms with van der Waals surface area (Å²) in [4.78, 5) is 16.3. The van der Waals surface area contributed by atoms with E-state index in [9.17, 15) is 15.3 Å². The van der Waals surface area contributed by atoms with Crippen LogP contribution in [-0.4, -0.2) is 16.7 Å². The highest BCUT2D eigenvalue weighted by Gasteiger charge is 2.54. The van der Waals surface area contributed by atoms with Crippen molar-refractivity contribution in [2.24, 2.45) is 22.2 Å². The second-order valence-corrected chi connectivity index (χ2v) is 6.95. The minimum absolute atomic E-state index is 0.366. The molecule has 1 fully saturated rings. The highest BCUT2D eigenvalue weighted by atomic mass is 32.2. The summed E-state index contributed by atoms with van der Waals surface area (Å²) in [6.45, 7) is 5.76. The van der Waals surface area contributed by atoms with Gasteiger partial charge in [-0.2, -0.15) is 10.5 Å². The number of nitriles is 2. The van der Waals surface area contributed by atoms with Gasteiger partial charge >= 0.3 is 0 Å². The lowest BCUT2D eigenvalue weighted by molar-refractivity contribution is -0.125. The van der Waals surface area contributed by atoms with E-state index >= 15 is 0 Å². The summed E-state index contributed by atoms with van der Waals surface area (Å²) >= 11 is 1.42. The van der Waals surface area contributed by atoms with Crippen LogP contribution in [0.3, 0.4) is 0 Å². The number of amides is 1. The van der Waals surface area contributed by atoms with Gasteiger partial charge in [-0.25, -0.2) is 4.99 Å². The van der Waals surface area contributed by atoms with Crippen LogP contribution in [0.4, 0.5) is 0 Å². The first-order chi connectivity index (χ1) is 10.0. The molecule has 21 heavy (non-hydrogen) atoms. The van der Waals surface area contributed by atoms with Gasteiger partial charge < -0.3 is 0 Å².